The van der Waals surface area contributed by atoms with Crippen molar-refractivity contribution >= 4 is 57.3 Å². The van der Waals surface area contributed by atoms with Crippen LogP contribution in [0.1, 0.15) is 47.7 Å². The van der Waals surface area contributed by atoms with E-state index in [1.807, 2.05) is 68.4 Å². The molecular weight excluding hydrogens is 694 g/mol. The third-order valence-electron chi connectivity index (χ3n) is 8.35. The number of ketones is 1. The van der Waals surface area contributed by atoms with E-state index in [9.17, 15) is 14.7 Å². The highest BCUT2D eigenvalue weighted by Crippen LogP contribution is 2.46. The number of carbonyl (C=O) groups is 2. The summed E-state index contributed by atoms with van der Waals surface area (Å²) in [6.07, 6.45) is 0.658. The molecule has 0 radical (unpaired) electrons. The van der Waals surface area contributed by atoms with Crippen molar-refractivity contribution in [2.24, 2.45) is 0 Å². The Hall–Kier alpha value is -4.84. The number of hydrogen-bond donors (Lipinski definition) is 1. The Morgan fingerprint density at radius 1 is 1.00 bits per heavy atom. The summed E-state index contributed by atoms with van der Waals surface area (Å²) in [5, 5.41) is 21.4. The number of aliphatic hydroxyl groups is 1. The Morgan fingerprint density at radius 2 is 1.80 bits per heavy atom. The summed E-state index contributed by atoms with van der Waals surface area (Å²) in [7, 11) is 0. The lowest BCUT2D eigenvalue weighted by atomic mass is 9.94. The van der Waals surface area contributed by atoms with Gasteiger partial charge in [-0.15, -0.1) is 10.2 Å². The average Bonchev–Trinajstić information content (AvgIpc) is 3.82. The molecule has 0 spiro atoms. The molecule has 1 N–H and O–H groups in total. The van der Waals surface area contributed by atoms with Gasteiger partial charge in [-0.05, 0) is 72.5 Å². The van der Waals surface area contributed by atoms with Crippen molar-refractivity contribution in [3.63, 3.8) is 0 Å². The van der Waals surface area contributed by atoms with E-state index < -0.39 is 17.7 Å². The first-order valence-electron chi connectivity index (χ1n) is 16.0. The largest absolute Gasteiger partial charge is 0.507 e. The predicted octanol–water partition coefficient (Wildman–Crippen LogP) is 8.41. The van der Waals surface area contributed by atoms with Crippen LogP contribution in [0, 0.1) is 0 Å². The zero-order valence-corrected chi connectivity index (χ0v) is 29.6. The second-order valence-electron chi connectivity index (χ2n) is 11.8. The highest BCUT2D eigenvalue weighted by atomic mass is 35.5. The molecule has 7 rings (SSSR count). The van der Waals surface area contributed by atoms with Gasteiger partial charge in [0.1, 0.15) is 24.2 Å². The fraction of sp³-hybridized carbons (Fsp3) is 0.211. The predicted molar refractivity (Wildman–Crippen MR) is 194 cm³/mol. The van der Waals surface area contributed by atoms with E-state index in [0.717, 1.165) is 22.4 Å². The summed E-state index contributed by atoms with van der Waals surface area (Å²) in [5.74, 6) is 0.255. The average molecular weight is 726 g/mol. The van der Waals surface area contributed by atoms with E-state index >= 15 is 0 Å². The number of hydrogen-bond acceptors (Lipinski definition) is 10. The summed E-state index contributed by atoms with van der Waals surface area (Å²) < 4.78 is 18.6. The SMILES string of the molecule is CCOc1cc([C@@H]2/C(=C(\O)c3ccc4c(c3)C[C@H](C)O4)C(=O)C(=O)N2c2nnc(SCc3ccccc3Cl)s2)ccc1OCc1ccccc1. The first-order chi connectivity index (χ1) is 24.3. The number of thioether (sulfide) groups is 1. The Balaban J connectivity index is 1.28. The topological polar surface area (TPSA) is 111 Å². The van der Waals surface area contributed by atoms with E-state index in [1.165, 1.54) is 28.0 Å². The smallest absolute Gasteiger partial charge is 0.301 e. The van der Waals surface area contributed by atoms with Gasteiger partial charge in [-0.25, -0.2) is 0 Å². The molecule has 0 saturated carbocycles. The van der Waals surface area contributed by atoms with Crippen LogP contribution in [0.3, 0.4) is 0 Å². The van der Waals surface area contributed by atoms with Crippen LogP contribution >= 0.6 is 34.7 Å². The van der Waals surface area contributed by atoms with Crippen molar-refractivity contribution in [1.29, 1.82) is 0 Å². The van der Waals surface area contributed by atoms with Crippen molar-refractivity contribution in [3.05, 3.63) is 129 Å². The third-order valence-corrected chi connectivity index (χ3v) is 10.8. The van der Waals surface area contributed by atoms with E-state index in [-0.39, 0.29) is 22.6 Å². The van der Waals surface area contributed by atoms with E-state index in [1.54, 1.807) is 36.4 Å². The van der Waals surface area contributed by atoms with Crippen molar-refractivity contribution < 1.29 is 28.9 Å². The van der Waals surface area contributed by atoms with Gasteiger partial charge >= 0.3 is 5.91 Å². The second kappa shape index (κ2) is 14.6. The number of halogens is 1. The minimum atomic E-state index is -1.03. The van der Waals surface area contributed by atoms with Crippen molar-refractivity contribution in [1.82, 2.24) is 10.2 Å². The number of anilines is 1. The molecule has 254 valence electrons. The second-order valence-corrected chi connectivity index (χ2v) is 14.4. The zero-order valence-electron chi connectivity index (χ0n) is 27.2. The molecule has 3 heterocycles. The van der Waals surface area contributed by atoms with Gasteiger partial charge in [0.05, 0.1) is 18.2 Å². The van der Waals surface area contributed by atoms with Gasteiger partial charge < -0.3 is 19.3 Å². The van der Waals surface area contributed by atoms with Crippen molar-refractivity contribution in [3.8, 4) is 17.2 Å². The Kier molecular flexibility index (Phi) is 9.80. The summed E-state index contributed by atoms with van der Waals surface area (Å²) in [6.45, 7) is 4.50. The molecule has 9 nitrogen and oxygen atoms in total. The number of benzene rings is 4. The van der Waals surface area contributed by atoms with Gasteiger partial charge in [0, 0.05) is 22.8 Å². The van der Waals surface area contributed by atoms with Crippen LogP contribution in [0.5, 0.6) is 17.2 Å². The Labute approximate surface area is 302 Å². The lowest BCUT2D eigenvalue weighted by Gasteiger charge is -2.24. The summed E-state index contributed by atoms with van der Waals surface area (Å²) in [5.41, 5.74) is 3.70. The summed E-state index contributed by atoms with van der Waals surface area (Å²) in [6, 6.07) is 26.8. The van der Waals surface area contributed by atoms with Crippen LogP contribution < -0.4 is 19.1 Å². The molecule has 0 bridgehead atoms. The highest BCUT2D eigenvalue weighted by molar-refractivity contribution is 8.00. The first-order valence-corrected chi connectivity index (χ1v) is 18.2. The summed E-state index contributed by atoms with van der Waals surface area (Å²) >= 11 is 8.97. The van der Waals surface area contributed by atoms with Gasteiger partial charge in [0.25, 0.3) is 5.78 Å². The van der Waals surface area contributed by atoms with E-state index in [4.69, 9.17) is 25.8 Å². The van der Waals surface area contributed by atoms with E-state index in [2.05, 4.69) is 10.2 Å². The number of nitrogens with zero attached hydrogens (tertiary/aromatic N) is 3. The molecule has 1 aromatic heterocycles. The molecule has 0 unspecified atom stereocenters. The molecule has 12 heteroatoms. The quantitative estimate of drug-likeness (QED) is 0.0472. The third kappa shape index (κ3) is 6.81. The monoisotopic (exact) mass is 725 g/mol. The summed E-state index contributed by atoms with van der Waals surface area (Å²) in [4.78, 5) is 29.1. The molecule has 0 aliphatic carbocycles. The van der Waals surface area contributed by atoms with Crippen LogP contribution in [-0.2, 0) is 28.4 Å². The molecule has 2 aliphatic heterocycles. The van der Waals surface area contributed by atoms with Crippen LogP contribution in [0.2, 0.25) is 5.02 Å². The molecule has 2 atom stereocenters. The van der Waals surface area contributed by atoms with Gasteiger partial charge in [-0.1, -0.05) is 89.3 Å². The lowest BCUT2D eigenvalue weighted by molar-refractivity contribution is -0.132. The number of ether oxygens (including phenoxy) is 3. The number of amides is 1. The number of fused-ring (bicyclic) bond motifs is 1. The van der Waals surface area contributed by atoms with Gasteiger partial charge in [0.15, 0.2) is 15.8 Å². The van der Waals surface area contributed by atoms with Crippen LogP contribution in [0.15, 0.2) is 101 Å². The number of aromatic nitrogens is 2. The number of rotatable bonds is 11. The lowest BCUT2D eigenvalue weighted by Crippen LogP contribution is -2.29. The molecule has 50 heavy (non-hydrogen) atoms. The Bertz CT molecular complexity index is 2100. The number of carbonyl (C=O) groups excluding carboxylic acids is 2. The van der Waals surface area contributed by atoms with Crippen molar-refractivity contribution in [2.45, 2.75) is 49.1 Å². The maximum Gasteiger partial charge on any atom is 0.301 e. The molecule has 1 saturated heterocycles. The molecule has 5 aromatic rings. The maximum absolute atomic E-state index is 13.9. The normalized spacial score (nSPS) is 17.9. The van der Waals surface area contributed by atoms with Crippen LogP contribution in [0.4, 0.5) is 5.13 Å². The van der Waals surface area contributed by atoms with Crippen LogP contribution in [-0.4, -0.2) is 39.7 Å². The molecule has 1 fully saturated rings. The zero-order chi connectivity index (χ0) is 34.8. The first kappa shape index (κ1) is 33.6. The molecule has 4 aromatic carbocycles. The highest BCUT2D eigenvalue weighted by Gasteiger charge is 2.48. The number of Topliss-reactive ketones (excluding diaryl/α,β-unsaturated/α-hetero) is 1. The Morgan fingerprint density at radius 3 is 2.60 bits per heavy atom. The fourth-order valence-corrected chi connectivity index (χ4v) is 8.15. The molecule has 1 amide bonds. The molecule has 2 aliphatic rings. The standard InChI is InChI=1S/C38H32ClN3O6S2/c1-3-46-31-19-24(13-16-30(31)47-20-23-9-5-4-6-10-23)33-32(34(43)25-14-15-29-27(18-25)17-22(2)48-29)35(44)36(45)42(33)37-40-41-38(50-37)49-21-26-11-7-8-12-28(26)39/h4-16,18-19,22,33,43H,3,17,20-21H2,1-2H3/b34-32+/t22-,33+/m0/s1. The number of aliphatic hydroxyl groups excluding tert-OH is 1. The van der Waals surface area contributed by atoms with Crippen molar-refractivity contribution in [2.75, 3.05) is 11.5 Å². The van der Waals surface area contributed by atoms with Gasteiger partial charge in [0.2, 0.25) is 5.13 Å². The molecular formula is C38H32ClN3O6S2. The minimum absolute atomic E-state index is 0.00466. The van der Waals surface area contributed by atoms with Crippen LogP contribution in [0.25, 0.3) is 5.76 Å². The minimum Gasteiger partial charge on any atom is -0.507 e. The van der Waals surface area contributed by atoms with Gasteiger partial charge in [-0.2, -0.15) is 0 Å². The maximum atomic E-state index is 13.9. The fourth-order valence-electron chi connectivity index (χ4n) is 6.00. The van der Waals surface area contributed by atoms with Gasteiger partial charge in [-0.3, -0.25) is 14.5 Å². The van der Waals surface area contributed by atoms with E-state index in [0.29, 0.717) is 57.4 Å².